The lowest BCUT2D eigenvalue weighted by atomic mass is 10.2. The molecule has 0 aromatic heterocycles. The van der Waals surface area contributed by atoms with Crippen molar-refractivity contribution in [1.29, 1.82) is 0 Å². The number of carbonyl (C=O) groups excluding carboxylic acids is 2. The lowest BCUT2D eigenvalue weighted by molar-refractivity contribution is -0.114. The van der Waals surface area contributed by atoms with Gasteiger partial charge in [-0.15, -0.1) is 0 Å². The Hall–Kier alpha value is -2.03. The first kappa shape index (κ1) is 37.3. The molecule has 0 aromatic carbocycles. The van der Waals surface area contributed by atoms with E-state index in [0.29, 0.717) is 11.6 Å². The lowest BCUT2D eigenvalue weighted by Gasteiger charge is -2.23. The fourth-order valence-electron chi connectivity index (χ4n) is 1.00. The third-order valence-electron chi connectivity index (χ3n) is 2.80. The van der Waals surface area contributed by atoms with Gasteiger partial charge in [-0.2, -0.15) is 0 Å². The van der Waals surface area contributed by atoms with Crippen LogP contribution >= 0.6 is 11.8 Å². The van der Waals surface area contributed by atoms with E-state index >= 15 is 0 Å². The van der Waals surface area contributed by atoms with E-state index in [1.54, 1.807) is 39.9 Å². The highest BCUT2D eigenvalue weighted by Gasteiger charge is 2.18. The van der Waals surface area contributed by atoms with Gasteiger partial charge in [0.15, 0.2) is 5.04 Å². The average molecular weight is 476 g/mol. The van der Waals surface area contributed by atoms with Gasteiger partial charge in [0.25, 0.3) is 5.91 Å². The Morgan fingerprint density at radius 3 is 1.88 bits per heavy atom. The Morgan fingerprint density at radius 2 is 1.56 bits per heavy atom. The summed E-state index contributed by atoms with van der Waals surface area (Å²) in [5, 5.41) is 5.62. The van der Waals surface area contributed by atoms with Gasteiger partial charge >= 0.3 is 6.09 Å². The van der Waals surface area contributed by atoms with Crippen molar-refractivity contribution < 1.29 is 14.3 Å². The Kier molecular flexibility index (Phi) is 31.5. The topological polar surface area (TPSA) is 95.4 Å². The monoisotopic (exact) mass is 475 g/mol. The molecule has 32 heavy (non-hydrogen) atoms. The van der Waals surface area contributed by atoms with Crippen LogP contribution in [0.25, 0.3) is 0 Å². The van der Waals surface area contributed by atoms with Crippen molar-refractivity contribution in [3.05, 3.63) is 12.4 Å². The molecule has 0 radical (unpaired) electrons. The zero-order valence-electron chi connectivity index (χ0n) is 22.5. The summed E-state index contributed by atoms with van der Waals surface area (Å²) in [4.78, 5) is 31.6. The normalized spacial score (nSPS) is 10.7. The van der Waals surface area contributed by atoms with Gasteiger partial charge in [0.2, 0.25) is 0 Å². The fraction of sp³-hybridized carbons (Fsp3) is 0.739. The molecule has 2 amide bonds. The number of carbonyl (C=O) groups is 2. The Morgan fingerprint density at radius 1 is 1.06 bits per heavy atom. The molecule has 0 atom stereocenters. The highest BCUT2D eigenvalue weighted by atomic mass is 32.2. The second-order valence-electron chi connectivity index (χ2n) is 7.30. The minimum Gasteiger partial charge on any atom is -0.444 e. The van der Waals surface area contributed by atoms with E-state index in [2.05, 4.69) is 48.3 Å². The third-order valence-corrected chi connectivity index (χ3v) is 3.63. The molecule has 0 spiro atoms. The maximum atomic E-state index is 11.2. The summed E-state index contributed by atoms with van der Waals surface area (Å²) in [6.07, 6.45) is 6.77. The molecule has 0 rings (SSSR count). The number of unbranched alkanes of at least 4 members (excludes halogenated alkanes) is 1. The minimum atomic E-state index is -0.388. The predicted octanol–water partition coefficient (Wildman–Crippen LogP) is 5.31. The second-order valence-corrected chi connectivity index (χ2v) is 8.13. The molecular formula is C23H49N5O3S. The third kappa shape index (κ3) is 32.6. The number of nitrogens with zero attached hydrogens (tertiary/aromatic N) is 3. The van der Waals surface area contributed by atoms with Crippen molar-refractivity contribution in [3.63, 3.8) is 0 Å². The maximum absolute atomic E-state index is 11.2. The number of rotatable bonds is 5. The van der Waals surface area contributed by atoms with Crippen molar-refractivity contribution in [2.24, 2.45) is 9.98 Å². The molecule has 0 aliphatic carbocycles. The van der Waals surface area contributed by atoms with E-state index in [-0.39, 0.29) is 17.6 Å². The summed E-state index contributed by atoms with van der Waals surface area (Å²) in [6.45, 7) is 16.8. The number of ether oxygens (including phenoxy) is 1. The molecule has 190 valence electrons. The molecule has 0 unspecified atom stereocenters. The summed E-state index contributed by atoms with van der Waals surface area (Å²) < 4.78 is 5.08. The molecule has 0 bridgehead atoms. The smallest absolute Gasteiger partial charge is 0.410 e. The molecule has 0 fully saturated rings. The molecule has 8 nitrogen and oxygen atoms in total. The summed E-state index contributed by atoms with van der Waals surface area (Å²) in [5.74, 6) is -0.226. The molecular weight excluding hydrogens is 426 g/mol. The molecule has 2 N–H and O–H groups in total. The highest BCUT2D eigenvalue weighted by Crippen LogP contribution is 2.08. The van der Waals surface area contributed by atoms with Crippen LogP contribution in [-0.2, 0) is 9.53 Å². The second kappa shape index (κ2) is 27.0. The number of aliphatic imine (C=N–C) groups is 2. The van der Waals surface area contributed by atoms with Gasteiger partial charge in [0.05, 0.1) is 5.55 Å². The zero-order chi connectivity index (χ0) is 26.0. The van der Waals surface area contributed by atoms with E-state index in [9.17, 15) is 9.59 Å². The molecule has 0 aliphatic heterocycles. The average Bonchev–Trinajstić information content (AvgIpc) is 2.75. The number of nitrogens with one attached hydrogen (secondary N) is 2. The van der Waals surface area contributed by atoms with Gasteiger partial charge in [-0.3, -0.25) is 9.79 Å². The molecule has 0 heterocycles. The molecule has 9 heteroatoms. The van der Waals surface area contributed by atoms with Gasteiger partial charge in [0, 0.05) is 47.1 Å². The Labute approximate surface area is 201 Å². The Bertz CT molecular complexity index is 528. The quantitative estimate of drug-likeness (QED) is 0.415. The predicted molar refractivity (Wildman–Crippen MR) is 143 cm³/mol. The van der Waals surface area contributed by atoms with Crippen LogP contribution in [0, 0.1) is 0 Å². The molecule has 0 saturated heterocycles. The standard InChI is InChI=1S/C8H14N4OS.C8H17NO2.C4H10.C3H8/c1-9-4-5-12-8(7(13)11-3)14-6-10-2;1-6-9(5)7(10)11-8(2,3)4;1-3-4-2;1-3-2/h4-6,9H,1-3H3,(H,11,13);6H2,1-5H3;3-4H2,1-2H3;3H2,1-2H3/b5-4+,10-6?,12-8?;;;. The van der Waals surface area contributed by atoms with Crippen molar-refractivity contribution in [2.45, 2.75) is 80.3 Å². The summed E-state index contributed by atoms with van der Waals surface area (Å²) in [7, 11) is 6.67. The van der Waals surface area contributed by atoms with E-state index in [0.717, 1.165) is 0 Å². The van der Waals surface area contributed by atoms with E-state index in [4.69, 9.17) is 4.74 Å². The Balaban J connectivity index is -0.000000192. The fourth-order valence-corrected chi connectivity index (χ4v) is 1.54. The van der Waals surface area contributed by atoms with Crippen molar-refractivity contribution in [3.8, 4) is 0 Å². The largest absolute Gasteiger partial charge is 0.444 e. The van der Waals surface area contributed by atoms with Gasteiger partial charge in [-0.1, -0.05) is 58.7 Å². The molecule has 0 aliphatic rings. The van der Waals surface area contributed by atoms with Crippen molar-refractivity contribution in [1.82, 2.24) is 15.5 Å². The number of hydrogen-bond donors (Lipinski definition) is 2. The van der Waals surface area contributed by atoms with Crippen LogP contribution in [0.5, 0.6) is 0 Å². The van der Waals surface area contributed by atoms with Crippen LogP contribution < -0.4 is 10.6 Å². The zero-order valence-corrected chi connectivity index (χ0v) is 23.4. The van der Waals surface area contributed by atoms with Crippen molar-refractivity contribution in [2.75, 3.05) is 34.7 Å². The van der Waals surface area contributed by atoms with Gasteiger partial charge in [-0.05, 0) is 27.7 Å². The molecule has 0 aromatic rings. The first-order chi connectivity index (χ1) is 15.0. The van der Waals surface area contributed by atoms with Gasteiger partial charge in [0.1, 0.15) is 5.60 Å². The van der Waals surface area contributed by atoms with Crippen LogP contribution in [-0.4, -0.2) is 67.8 Å². The van der Waals surface area contributed by atoms with E-state index in [1.807, 2.05) is 27.7 Å². The van der Waals surface area contributed by atoms with Crippen LogP contribution in [0.15, 0.2) is 22.4 Å². The minimum absolute atomic E-state index is 0.226. The number of hydrogen-bond acceptors (Lipinski definition) is 7. The van der Waals surface area contributed by atoms with E-state index < -0.39 is 0 Å². The highest BCUT2D eigenvalue weighted by molar-refractivity contribution is 8.26. The van der Waals surface area contributed by atoms with Gasteiger partial charge < -0.3 is 20.3 Å². The first-order valence-electron chi connectivity index (χ1n) is 11.1. The van der Waals surface area contributed by atoms with Crippen LogP contribution in [0.4, 0.5) is 4.79 Å². The van der Waals surface area contributed by atoms with Crippen LogP contribution in [0.2, 0.25) is 0 Å². The maximum Gasteiger partial charge on any atom is 0.410 e. The summed E-state index contributed by atoms with van der Waals surface area (Å²) in [5.41, 5.74) is 1.17. The molecule has 0 saturated carbocycles. The van der Waals surface area contributed by atoms with Crippen LogP contribution in [0.3, 0.4) is 0 Å². The van der Waals surface area contributed by atoms with E-state index in [1.165, 1.54) is 42.1 Å². The van der Waals surface area contributed by atoms with Crippen molar-refractivity contribution >= 4 is 34.4 Å². The lowest BCUT2D eigenvalue weighted by Crippen LogP contribution is -2.33. The number of amides is 2. The first-order valence-corrected chi connectivity index (χ1v) is 12.0. The van der Waals surface area contributed by atoms with Gasteiger partial charge in [-0.25, -0.2) is 9.79 Å². The summed E-state index contributed by atoms with van der Waals surface area (Å²) in [6, 6.07) is 0. The van der Waals surface area contributed by atoms with Crippen LogP contribution in [0.1, 0.15) is 74.7 Å². The number of thioether (sulfide) groups is 1. The summed E-state index contributed by atoms with van der Waals surface area (Å²) >= 11 is 1.17. The SMILES string of the molecule is CCC.CCCC.CCN(C)C(=O)OC(C)(C)C.CN=CSC(=N/C=C/NC)C(=O)NC.